The summed E-state index contributed by atoms with van der Waals surface area (Å²) in [5, 5.41) is 14.8. The first-order chi connectivity index (χ1) is 19.8. The zero-order chi connectivity index (χ0) is 29.4. The van der Waals surface area contributed by atoms with Gasteiger partial charge in [-0.15, -0.1) is 0 Å². The van der Waals surface area contributed by atoms with Crippen LogP contribution in [0.3, 0.4) is 0 Å². The van der Waals surface area contributed by atoms with Gasteiger partial charge in [-0.3, -0.25) is 15.0 Å². The number of carbonyl (C=O) groups is 1. The minimum atomic E-state index is -1.02. The molecule has 2 aromatic rings. The number of unbranched alkanes of at least 4 members (excludes halogenated alkanes) is 2. The standard InChI is InChI=1S/C30H39N5O6/c1-21-28(35(37)38)26(27(29(31)32-21)30(36)40-3)22-11-5-7-13-24(22)41-20-10-4-9-15-33-16-18-34(19-17-33)23-12-6-8-14-25(23)39-2/h5-8,11-14,26,32H,4,9-10,15-20,31H2,1-3H3. The number of piperazine rings is 1. The zero-order valence-corrected chi connectivity index (χ0v) is 23.9. The lowest BCUT2D eigenvalue weighted by Crippen LogP contribution is -2.46. The van der Waals surface area contributed by atoms with Crippen molar-refractivity contribution in [3.05, 3.63) is 87.0 Å². The summed E-state index contributed by atoms with van der Waals surface area (Å²) in [5.41, 5.74) is 7.84. The second-order valence-electron chi connectivity index (χ2n) is 10.1. The number of nitro groups is 1. The predicted molar refractivity (Wildman–Crippen MR) is 156 cm³/mol. The number of anilines is 1. The SMILES string of the molecule is COC(=O)C1=C(N)NC(C)=C([N+](=O)[O-])C1c1ccccc1OCCCCCN1CCN(c2ccccc2OC)CC1. The molecular formula is C30H39N5O6. The lowest BCUT2D eigenvalue weighted by atomic mass is 9.84. The number of para-hydroxylation sites is 3. The van der Waals surface area contributed by atoms with E-state index in [9.17, 15) is 14.9 Å². The third-order valence-electron chi connectivity index (χ3n) is 7.57. The Labute approximate surface area is 240 Å². The maximum absolute atomic E-state index is 12.6. The minimum absolute atomic E-state index is 0.00773. The van der Waals surface area contributed by atoms with E-state index in [2.05, 4.69) is 21.2 Å². The number of dihydropyridines is 1. The van der Waals surface area contributed by atoms with Crippen molar-refractivity contribution >= 4 is 11.7 Å². The number of benzene rings is 2. The molecule has 2 heterocycles. The largest absolute Gasteiger partial charge is 0.495 e. The van der Waals surface area contributed by atoms with Crippen LogP contribution in [0.25, 0.3) is 0 Å². The Bertz CT molecular complexity index is 1300. The number of methoxy groups -OCH3 is 2. The van der Waals surface area contributed by atoms with Gasteiger partial charge in [0.2, 0.25) is 0 Å². The third kappa shape index (κ3) is 6.91. The van der Waals surface area contributed by atoms with E-state index in [1.165, 1.54) is 7.11 Å². The van der Waals surface area contributed by atoms with E-state index in [1.807, 2.05) is 18.2 Å². The normalized spacial score (nSPS) is 17.7. The fourth-order valence-corrected chi connectivity index (χ4v) is 5.48. The van der Waals surface area contributed by atoms with Crippen molar-refractivity contribution in [3.63, 3.8) is 0 Å². The van der Waals surface area contributed by atoms with Gasteiger partial charge in [0.15, 0.2) is 0 Å². The van der Waals surface area contributed by atoms with Crippen molar-refractivity contribution in [2.24, 2.45) is 5.73 Å². The molecular weight excluding hydrogens is 526 g/mol. The maximum Gasteiger partial charge on any atom is 0.338 e. The second kappa shape index (κ2) is 13.9. The van der Waals surface area contributed by atoms with Crippen LogP contribution in [0.2, 0.25) is 0 Å². The second-order valence-corrected chi connectivity index (χ2v) is 10.1. The summed E-state index contributed by atoms with van der Waals surface area (Å²) in [7, 11) is 2.93. The first-order valence-electron chi connectivity index (χ1n) is 13.9. The summed E-state index contributed by atoms with van der Waals surface area (Å²) in [6.45, 7) is 6.97. The summed E-state index contributed by atoms with van der Waals surface area (Å²) < 4.78 is 16.5. The van der Waals surface area contributed by atoms with Gasteiger partial charge in [0.05, 0.1) is 42.7 Å². The third-order valence-corrected chi connectivity index (χ3v) is 7.57. The fraction of sp³-hybridized carbons (Fsp3) is 0.433. The maximum atomic E-state index is 12.6. The van der Waals surface area contributed by atoms with Gasteiger partial charge in [0.1, 0.15) is 23.2 Å². The van der Waals surface area contributed by atoms with E-state index in [-0.39, 0.29) is 22.8 Å². The van der Waals surface area contributed by atoms with E-state index >= 15 is 0 Å². The summed E-state index contributed by atoms with van der Waals surface area (Å²) in [6.07, 6.45) is 2.87. The predicted octanol–water partition coefficient (Wildman–Crippen LogP) is 3.60. The van der Waals surface area contributed by atoms with Gasteiger partial charge in [-0.25, -0.2) is 4.79 Å². The number of rotatable bonds is 12. The lowest BCUT2D eigenvalue weighted by Gasteiger charge is -2.36. The number of carbonyl (C=O) groups excluding carboxylic acids is 1. The van der Waals surface area contributed by atoms with Crippen molar-refractivity contribution in [1.29, 1.82) is 0 Å². The average molecular weight is 566 g/mol. The molecule has 3 N–H and O–H groups in total. The van der Waals surface area contributed by atoms with Gasteiger partial charge in [0, 0.05) is 31.7 Å². The molecule has 11 nitrogen and oxygen atoms in total. The van der Waals surface area contributed by atoms with Crippen LogP contribution in [-0.4, -0.2) is 69.3 Å². The molecule has 0 amide bonds. The minimum Gasteiger partial charge on any atom is -0.495 e. The number of ether oxygens (including phenoxy) is 3. The monoisotopic (exact) mass is 565 g/mol. The van der Waals surface area contributed by atoms with E-state index in [4.69, 9.17) is 19.9 Å². The molecule has 0 bridgehead atoms. The van der Waals surface area contributed by atoms with Crippen LogP contribution in [0.4, 0.5) is 5.69 Å². The van der Waals surface area contributed by atoms with Gasteiger partial charge < -0.3 is 30.2 Å². The Morgan fingerprint density at radius 3 is 2.39 bits per heavy atom. The van der Waals surface area contributed by atoms with Crippen molar-refractivity contribution in [2.75, 3.05) is 58.5 Å². The molecule has 2 aromatic carbocycles. The molecule has 0 spiro atoms. The molecule has 1 atom stereocenters. The summed E-state index contributed by atoms with van der Waals surface area (Å²) in [6, 6.07) is 15.2. The quantitative estimate of drug-likeness (QED) is 0.170. The first-order valence-corrected chi connectivity index (χ1v) is 13.9. The van der Waals surface area contributed by atoms with Gasteiger partial charge in [-0.05, 0) is 50.9 Å². The lowest BCUT2D eigenvalue weighted by molar-refractivity contribution is -0.431. The molecule has 0 aliphatic carbocycles. The molecule has 0 radical (unpaired) electrons. The van der Waals surface area contributed by atoms with Gasteiger partial charge in [-0.1, -0.05) is 30.3 Å². The Balaban J connectivity index is 1.30. The summed E-state index contributed by atoms with van der Waals surface area (Å²) in [5.74, 6) is -0.337. The average Bonchev–Trinajstić information content (AvgIpc) is 2.98. The zero-order valence-electron chi connectivity index (χ0n) is 23.9. The highest BCUT2D eigenvalue weighted by molar-refractivity contribution is 5.92. The molecule has 0 aromatic heterocycles. The van der Waals surface area contributed by atoms with Crippen LogP contribution < -0.4 is 25.4 Å². The van der Waals surface area contributed by atoms with E-state index in [1.54, 1.807) is 38.3 Å². The number of hydrogen-bond acceptors (Lipinski definition) is 10. The Hall–Kier alpha value is -4.25. The smallest absolute Gasteiger partial charge is 0.338 e. The number of hydrogen-bond donors (Lipinski definition) is 2. The Morgan fingerprint density at radius 1 is 1.02 bits per heavy atom. The number of nitrogens with one attached hydrogen (secondary N) is 1. The van der Waals surface area contributed by atoms with E-state index in [0.29, 0.717) is 17.9 Å². The number of nitrogens with zero attached hydrogens (tertiary/aromatic N) is 3. The van der Waals surface area contributed by atoms with Crippen LogP contribution >= 0.6 is 0 Å². The highest BCUT2D eigenvalue weighted by Crippen LogP contribution is 2.41. The molecule has 1 saturated heterocycles. The highest BCUT2D eigenvalue weighted by Gasteiger charge is 2.42. The molecule has 220 valence electrons. The fourth-order valence-electron chi connectivity index (χ4n) is 5.48. The number of esters is 1. The molecule has 1 unspecified atom stereocenters. The molecule has 1 fully saturated rings. The Kier molecular flexibility index (Phi) is 10.1. The highest BCUT2D eigenvalue weighted by atomic mass is 16.6. The van der Waals surface area contributed by atoms with Crippen molar-refractivity contribution in [3.8, 4) is 11.5 Å². The van der Waals surface area contributed by atoms with Crippen LogP contribution in [-0.2, 0) is 9.53 Å². The van der Waals surface area contributed by atoms with Crippen LogP contribution in [0.5, 0.6) is 11.5 Å². The molecule has 4 rings (SSSR count). The van der Waals surface area contributed by atoms with Crippen molar-refractivity contribution in [2.45, 2.75) is 32.1 Å². The Morgan fingerprint density at radius 2 is 1.71 bits per heavy atom. The van der Waals surface area contributed by atoms with Crippen molar-refractivity contribution in [1.82, 2.24) is 10.2 Å². The first kappa shape index (κ1) is 29.7. The molecule has 41 heavy (non-hydrogen) atoms. The van der Waals surface area contributed by atoms with E-state index < -0.39 is 16.8 Å². The molecule has 11 heteroatoms. The topological polar surface area (TPSA) is 132 Å². The van der Waals surface area contributed by atoms with Gasteiger partial charge in [0.25, 0.3) is 5.70 Å². The molecule has 0 saturated carbocycles. The number of allylic oxidation sites excluding steroid dienone is 2. The van der Waals surface area contributed by atoms with Crippen LogP contribution in [0.15, 0.2) is 71.3 Å². The summed E-state index contributed by atoms with van der Waals surface area (Å²) in [4.78, 5) is 29.0. The molecule has 2 aliphatic heterocycles. The molecule has 2 aliphatic rings. The van der Waals surface area contributed by atoms with Crippen LogP contribution in [0, 0.1) is 10.1 Å². The van der Waals surface area contributed by atoms with Gasteiger partial charge in [-0.2, -0.15) is 0 Å². The van der Waals surface area contributed by atoms with Crippen molar-refractivity contribution < 1.29 is 23.9 Å². The number of nitrogens with two attached hydrogens (primary N) is 1. The van der Waals surface area contributed by atoms with E-state index in [0.717, 1.165) is 63.4 Å². The van der Waals surface area contributed by atoms with Gasteiger partial charge >= 0.3 is 5.97 Å². The summed E-state index contributed by atoms with van der Waals surface area (Å²) >= 11 is 0. The van der Waals surface area contributed by atoms with Crippen LogP contribution in [0.1, 0.15) is 37.7 Å².